The van der Waals surface area contributed by atoms with E-state index in [1.807, 2.05) is 12.1 Å². The van der Waals surface area contributed by atoms with Crippen molar-refractivity contribution in [3.8, 4) is 5.75 Å². The average molecular weight is 586 g/mol. The predicted octanol–water partition coefficient (Wildman–Crippen LogP) is 10.4. The van der Waals surface area contributed by atoms with Crippen LogP contribution in [0.1, 0.15) is 105 Å². The van der Waals surface area contributed by atoms with Gasteiger partial charge in [0.25, 0.3) is 0 Å². The lowest BCUT2D eigenvalue weighted by Crippen LogP contribution is -2.51. The van der Waals surface area contributed by atoms with Gasteiger partial charge in [-0.05, 0) is 116 Å². The minimum absolute atomic E-state index is 0.0785. The minimum Gasteiger partial charge on any atom is -0.430 e. The monoisotopic (exact) mass is 584 g/mol. The third-order valence-electron chi connectivity index (χ3n) is 11.5. The largest absolute Gasteiger partial charge is 0.514 e. The highest BCUT2D eigenvalue weighted by molar-refractivity contribution is 9.10. The van der Waals surface area contributed by atoms with Gasteiger partial charge in [0.2, 0.25) is 0 Å². The lowest BCUT2D eigenvalue weighted by Gasteiger charge is -2.58. The zero-order valence-electron chi connectivity index (χ0n) is 24.3. The molecule has 0 N–H and O–H groups in total. The van der Waals surface area contributed by atoms with Gasteiger partial charge >= 0.3 is 6.16 Å². The maximum Gasteiger partial charge on any atom is 0.514 e. The zero-order chi connectivity index (χ0) is 27.1. The number of carbonyl (C=O) groups is 1. The third-order valence-corrected chi connectivity index (χ3v) is 12.1. The van der Waals surface area contributed by atoms with E-state index in [2.05, 4.69) is 56.6 Å². The van der Waals surface area contributed by atoms with Crippen molar-refractivity contribution in [2.24, 2.45) is 46.3 Å². The Balaban J connectivity index is 1.21. The van der Waals surface area contributed by atoms with Crippen LogP contribution in [0.4, 0.5) is 4.79 Å². The van der Waals surface area contributed by atoms with Gasteiger partial charge in [-0.3, -0.25) is 0 Å². The minimum atomic E-state index is -0.580. The number of rotatable bonds is 7. The van der Waals surface area contributed by atoms with Crippen molar-refractivity contribution in [3.05, 3.63) is 40.4 Å². The first-order valence-electron chi connectivity index (χ1n) is 15.4. The Labute approximate surface area is 239 Å². The van der Waals surface area contributed by atoms with Gasteiger partial charge in [-0.25, -0.2) is 4.79 Å². The SMILES string of the molecule is CC(C)CCC[C@@H](C)[C@@H]1CC[C@H]2[C@H]3CC=C4C[C@@H](OC(=O)Oc5ccc(Br)cc5)CC[C@]4(C)[C@H]3CC[C@@]21C. The standard InChI is InChI=1S/C34H49BrO3/c1-22(2)7-6-8-23(3)29-15-16-30-28-14-9-24-21-27(38-32(36)37-26-12-10-25(35)11-13-26)17-19-33(24,4)31(28)18-20-34(29,30)5/h9-13,22-23,27-31H,6-8,14-21H2,1-5H3/t23-,27+,28-,29+,30+,31+,33+,34-/m1/s1. The molecule has 0 saturated heterocycles. The van der Waals surface area contributed by atoms with Crippen molar-refractivity contribution < 1.29 is 14.3 Å². The number of hydrogen-bond donors (Lipinski definition) is 0. The molecule has 1 aromatic carbocycles. The molecule has 0 aromatic heterocycles. The molecular formula is C34H49BrO3. The van der Waals surface area contributed by atoms with Gasteiger partial charge in [0.1, 0.15) is 11.9 Å². The molecule has 0 heterocycles. The molecular weight excluding hydrogens is 536 g/mol. The smallest absolute Gasteiger partial charge is 0.430 e. The van der Waals surface area contributed by atoms with E-state index in [0.29, 0.717) is 11.2 Å². The Kier molecular flexibility index (Phi) is 8.40. The number of ether oxygens (including phenoxy) is 2. The molecule has 5 rings (SSSR count). The average Bonchev–Trinajstić information content (AvgIpc) is 3.23. The molecule has 3 fully saturated rings. The normalized spacial score (nSPS) is 37.0. The first-order chi connectivity index (χ1) is 18.1. The molecule has 3 saturated carbocycles. The molecule has 0 aliphatic heterocycles. The highest BCUT2D eigenvalue weighted by atomic mass is 79.9. The Hall–Kier alpha value is -1.29. The van der Waals surface area contributed by atoms with Crippen LogP contribution in [0.3, 0.4) is 0 Å². The Bertz CT molecular complexity index is 1020. The number of fused-ring (bicyclic) bond motifs is 5. The van der Waals surface area contributed by atoms with Gasteiger partial charge in [-0.2, -0.15) is 0 Å². The lowest BCUT2D eigenvalue weighted by atomic mass is 9.47. The maximum absolute atomic E-state index is 12.5. The van der Waals surface area contributed by atoms with Crippen molar-refractivity contribution in [1.29, 1.82) is 0 Å². The quantitative estimate of drug-likeness (QED) is 0.181. The number of hydrogen-bond acceptors (Lipinski definition) is 3. The van der Waals surface area contributed by atoms with Gasteiger partial charge < -0.3 is 9.47 Å². The summed E-state index contributed by atoms with van der Waals surface area (Å²) in [5, 5.41) is 0. The third kappa shape index (κ3) is 5.50. The molecule has 0 amide bonds. The molecule has 1 aromatic rings. The number of halogens is 1. The predicted molar refractivity (Wildman–Crippen MR) is 158 cm³/mol. The van der Waals surface area contributed by atoms with Crippen molar-refractivity contribution in [3.63, 3.8) is 0 Å². The van der Waals surface area contributed by atoms with Gasteiger partial charge in [0.05, 0.1) is 0 Å². The van der Waals surface area contributed by atoms with Crippen LogP contribution in [0.5, 0.6) is 5.75 Å². The summed E-state index contributed by atoms with van der Waals surface area (Å²) >= 11 is 3.42. The molecule has 38 heavy (non-hydrogen) atoms. The van der Waals surface area contributed by atoms with Crippen molar-refractivity contribution in [2.75, 3.05) is 0 Å². The summed E-state index contributed by atoms with van der Waals surface area (Å²) in [7, 11) is 0. The second-order valence-corrected chi connectivity index (χ2v) is 15.0. The molecule has 0 bridgehead atoms. The summed E-state index contributed by atoms with van der Waals surface area (Å²) in [5.74, 6) is 5.60. The fourth-order valence-corrected chi connectivity index (χ4v) is 9.78. The molecule has 4 aliphatic carbocycles. The van der Waals surface area contributed by atoms with E-state index in [-0.39, 0.29) is 11.5 Å². The van der Waals surface area contributed by atoms with E-state index in [1.165, 1.54) is 51.4 Å². The highest BCUT2D eigenvalue weighted by Gasteiger charge is 2.59. The Morgan fingerprint density at radius 1 is 1.00 bits per heavy atom. The molecule has 3 nitrogen and oxygen atoms in total. The first-order valence-corrected chi connectivity index (χ1v) is 16.2. The molecule has 0 radical (unpaired) electrons. The van der Waals surface area contributed by atoms with Crippen molar-refractivity contribution in [1.82, 2.24) is 0 Å². The van der Waals surface area contributed by atoms with Crippen LogP contribution in [0.25, 0.3) is 0 Å². The number of allylic oxidation sites excluding steroid dienone is 1. The molecule has 0 spiro atoms. The highest BCUT2D eigenvalue weighted by Crippen LogP contribution is 2.67. The summed E-state index contributed by atoms with van der Waals surface area (Å²) < 4.78 is 12.2. The van der Waals surface area contributed by atoms with Gasteiger partial charge in [-0.1, -0.05) is 81.5 Å². The van der Waals surface area contributed by atoms with Crippen LogP contribution in [-0.4, -0.2) is 12.3 Å². The van der Waals surface area contributed by atoms with E-state index in [0.717, 1.165) is 59.2 Å². The van der Waals surface area contributed by atoms with E-state index in [1.54, 1.807) is 17.7 Å². The van der Waals surface area contributed by atoms with Crippen LogP contribution in [-0.2, 0) is 4.74 Å². The van der Waals surface area contributed by atoms with E-state index < -0.39 is 6.16 Å². The molecule has 4 aliphatic rings. The fraction of sp³-hybridized carbons (Fsp3) is 0.735. The second kappa shape index (κ2) is 11.3. The van der Waals surface area contributed by atoms with E-state index in [4.69, 9.17) is 9.47 Å². The second-order valence-electron chi connectivity index (χ2n) is 14.1. The molecule has 210 valence electrons. The van der Waals surface area contributed by atoms with Crippen LogP contribution in [0, 0.1) is 46.3 Å². The molecule has 0 unspecified atom stereocenters. The zero-order valence-corrected chi connectivity index (χ0v) is 25.9. The Morgan fingerprint density at radius 3 is 2.50 bits per heavy atom. The number of carbonyl (C=O) groups excluding carboxylic acids is 1. The van der Waals surface area contributed by atoms with E-state index in [9.17, 15) is 4.79 Å². The van der Waals surface area contributed by atoms with Crippen LogP contribution >= 0.6 is 15.9 Å². The summed E-state index contributed by atoms with van der Waals surface area (Å²) in [4.78, 5) is 12.5. The first kappa shape index (κ1) is 28.2. The van der Waals surface area contributed by atoms with Crippen molar-refractivity contribution >= 4 is 22.1 Å². The molecule has 4 heteroatoms. The van der Waals surface area contributed by atoms with E-state index >= 15 is 0 Å². The van der Waals surface area contributed by atoms with Gasteiger partial charge in [-0.15, -0.1) is 0 Å². The number of benzene rings is 1. The summed E-state index contributed by atoms with van der Waals surface area (Å²) in [6.07, 6.45) is 15.9. The summed E-state index contributed by atoms with van der Waals surface area (Å²) in [6.45, 7) is 12.5. The van der Waals surface area contributed by atoms with Crippen molar-refractivity contribution in [2.45, 2.75) is 111 Å². The van der Waals surface area contributed by atoms with Crippen LogP contribution in [0.15, 0.2) is 40.4 Å². The fourth-order valence-electron chi connectivity index (χ4n) is 9.51. The maximum atomic E-state index is 12.5. The lowest BCUT2D eigenvalue weighted by molar-refractivity contribution is -0.0597. The Morgan fingerprint density at radius 2 is 1.76 bits per heavy atom. The molecule has 8 atom stereocenters. The topological polar surface area (TPSA) is 35.5 Å². The van der Waals surface area contributed by atoms with Crippen LogP contribution < -0.4 is 4.74 Å². The van der Waals surface area contributed by atoms with Gasteiger partial charge in [0.15, 0.2) is 0 Å². The van der Waals surface area contributed by atoms with Crippen LogP contribution in [0.2, 0.25) is 0 Å². The van der Waals surface area contributed by atoms with Gasteiger partial charge in [0, 0.05) is 10.9 Å². The summed E-state index contributed by atoms with van der Waals surface area (Å²) in [5.41, 5.74) is 2.34. The summed E-state index contributed by atoms with van der Waals surface area (Å²) in [6, 6.07) is 7.30.